The third-order valence-corrected chi connectivity index (χ3v) is 5.12. The smallest absolute Gasteiger partial charge is 0.269 e. The molecule has 0 unspecified atom stereocenters. The number of para-hydroxylation sites is 1. The number of nitrogens with one attached hydrogen (secondary N) is 3. The van der Waals surface area contributed by atoms with Crippen molar-refractivity contribution in [2.45, 2.75) is 18.7 Å². The van der Waals surface area contributed by atoms with Crippen molar-refractivity contribution in [3.63, 3.8) is 0 Å². The summed E-state index contributed by atoms with van der Waals surface area (Å²) in [5, 5.41) is 0. The molecule has 144 valence electrons. The normalized spacial score (nSPS) is 10.9. The fraction of sp³-hybridized carbons (Fsp3) is 0.105. The first kappa shape index (κ1) is 19.3. The molecule has 3 aromatic rings. The maximum atomic E-state index is 12.4. The SMILES string of the molecule is Cc1cc(C)nc(NNC(=O)c2ccc(S(=O)(=O)Nc3ccccc3)cc2)n1. The number of aromatic nitrogens is 2. The number of benzene rings is 2. The number of carbonyl (C=O) groups excluding carboxylic acids is 1. The number of hydrazine groups is 1. The summed E-state index contributed by atoms with van der Waals surface area (Å²) in [6.45, 7) is 3.65. The Bertz CT molecular complexity index is 1060. The molecule has 0 bridgehead atoms. The number of amides is 1. The van der Waals surface area contributed by atoms with Gasteiger partial charge in [0.15, 0.2) is 0 Å². The summed E-state index contributed by atoms with van der Waals surface area (Å²) in [5.74, 6) is -0.167. The van der Waals surface area contributed by atoms with Gasteiger partial charge in [-0.3, -0.25) is 20.4 Å². The van der Waals surface area contributed by atoms with Crippen LogP contribution in [0.3, 0.4) is 0 Å². The summed E-state index contributed by atoms with van der Waals surface area (Å²) in [4.78, 5) is 20.6. The number of anilines is 2. The number of sulfonamides is 1. The lowest BCUT2D eigenvalue weighted by Gasteiger charge is -2.10. The van der Waals surface area contributed by atoms with Crippen molar-refractivity contribution >= 4 is 27.6 Å². The van der Waals surface area contributed by atoms with Crippen molar-refractivity contribution in [1.29, 1.82) is 0 Å². The van der Waals surface area contributed by atoms with Crippen LogP contribution in [0.4, 0.5) is 11.6 Å². The number of hydrogen-bond donors (Lipinski definition) is 3. The van der Waals surface area contributed by atoms with E-state index in [-0.39, 0.29) is 16.4 Å². The standard InChI is InChI=1S/C19H19N5O3S/c1-13-12-14(2)21-19(20-13)23-22-18(25)15-8-10-17(11-9-15)28(26,27)24-16-6-4-3-5-7-16/h3-12,24H,1-2H3,(H,22,25)(H,20,21,23). The van der Waals surface area contributed by atoms with Gasteiger partial charge >= 0.3 is 0 Å². The Balaban J connectivity index is 1.67. The van der Waals surface area contributed by atoms with E-state index in [0.29, 0.717) is 5.69 Å². The van der Waals surface area contributed by atoms with Crippen LogP contribution in [0.5, 0.6) is 0 Å². The zero-order valence-corrected chi connectivity index (χ0v) is 16.1. The molecule has 0 atom stereocenters. The van der Waals surface area contributed by atoms with Gasteiger partial charge in [0.05, 0.1) is 4.90 Å². The highest BCUT2D eigenvalue weighted by Crippen LogP contribution is 2.16. The molecule has 8 nitrogen and oxygen atoms in total. The first-order chi connectivity index (χ1) is 13.3. The Morgan fingerprint density at radius 2 is 1.50 bits per heavy atom. The minimum atomic E-state index is -3.74. The Morgan fingerprint density at radius 3 is 2.11 bits per heavy atom. The van der Waals surface area contributed by atoms with Gasteiger partial charge in [-0.15, -0.1) is 0 Å². The van der Waals surface area contributed by atoms with Crippen LogP contribution < -0.4 is 15.6 Å². The average Bonchev–Trinajstić information content (AvgIpc) is 2.66. The molecule has 0 fully saturated rings. The van der Waals surface area contributed by atoms with Crippen molar-refractivity contribution in [2.24, 2.45) is 0 Å². The summed E-state index contributed by atoms with van der Waals surface area (Å²) in [6, 6.07) is 16.0. The first-order valence-corrected chi connectivity index (χ1v) is 9.88. The lowest BCUT2D eigenvalue weighted by Crippen LogP contribution is -2.30. The zero-order valence-electron chi connectivity index (χ0n) is 15.3. The summed E-state index contributed by atoms with van der Waals surface area (Å²) in [6.07, 6.45) is 0. The van der Waals surface area contributed by atoms with Crippen LogP contribution >= 0.6 is 0 Å². The minimum absolute atomic E-state index is 0.0542. The van der Waals surface area contributed by atoms with Crippen molar-refractivity contribution in [3.05, 3.63) is 77.6 Å². The van der Waals surface area contributed by atoms with Crippen molar-refractivity contribution in [1.82, 2.24) is 15.4 Å². The molecule has 0 aliphatic carbocycles. The van der Waals surface area contributed by atoms with Gasteiger partial charge in [-0.1, -0.05) is 18.2 Å². The highest BCUT2D eigenvalue weighted by atomic mass is 32.2. The van der Waals surface area contributed by atoms with Gasteiger partial charge in [-0.25, -0.2) is 18.4 Å². The van der Waals surface area contributed by atoms with Crippen LogP contribution in [0.2, 0.25) is 0 Å². The highest BCUT2D eigenvalue weighted by Gasteiger charge is 2.15. The van der Waals surface area contributed by atoms with Crippen LogP contribution in [0.15, 0.2) is 65.6 Å². The Hall–Kier alpha value is -3.46. The van der Waals surface area contributed by atoms with Crippen molar-refractivity contribution in [2.75, 3.05) is 10.1 Å². The molecule has 1 heterocycles. The van der Waals surface area contributed by atoms with E-state index in [4.69, 9.17) is 0 Å². The molecule has 0 aliphatic rings. The van der Waals surface area contributed by atoms with Gasteiger partial charge in [0.2, 0.25) is 5.95 Å². The molecule has 1 aromatic heterocycles. The van der Waals surface area contributed by atoms with E-state index in [9.17, 15) is 13.2 Å². The monoisotopic (exact) mass is 397 g/mol. The van der Waals surface area contributed by atoms with Crippen molar-refractivity contribution in [3.8, 4) is 0 Å². The number of hydrogen-bond acceptors (Lipinski definition) is 6. The van der Waals surface area contributed by atoms with Gasteiger partial charge in [0.1, 0.15) is 0 Å². The molecule has 0 spiro atoms. The van der Waals surface area contributed by atoms with Gasteiger partial charge in [0, 0.05) is 22.6 Å². The molecule has 0 saturated heterocycles. The van der Waals surface area contributed by atoms with E-state index >= 15 is 0 Å². The van der Waals surface area contributed by atoms with Gasteiger partial charge < -0.3 is 0 Å². The average molecular weight is 397 g/mol. The quantitative estimate of drug-likeness (QED) is 0.551. The number of aryl methyl sites for hydroxylation is 2. The second kappa shape index (κ2) is 8.05. The first-order valence-electron chi connectivity index (χ1n) is 8.40. The summed E-state index contributed by atoms with van der Waals surface area (Å²) in [7, 11) is -3.74. The summed E-state index contributed by atoms with van der Waals surface area (Å²) in [5.41, 5.74) is 7.42. The Kier molecular flexibility index (Phi) is 5.55. The second-order valence-corrected chi connectivity index (χ2v) is 7.73. The molecular weight excluding hydrogens is 378 g/mol. The number of rotatable bonds is 6. The van der Waals surface area contributed by atoms with Gasteiger partial charge in [0.25, 0.3) is 15.9 Å². The Morgan fingerprint density at radius 1 is 0.893 bits per heavy atom. The second-order valence-electron chi connectivity index (χ2n) is 6.05. The summed E-state index contributed by atoms with van der Waals surface area (Å²) < 4.78 is 27.3. The predicted octanol–water partition coefficient (Wildman–Crippen LogP) is 2.65. The molecule has 28 heavy (non-hydrogen) atoms. The molecule has 9 heteroatoms. The molecule has 2 aromatic carbocycles. The van der Waals surface area contributed by atoms with E-state index in [2.05, 4.69) is 25.5 Å². The lowest BCUT2D eigenvalue weighted by atomic mass is 10.2. The lowest BCUT2D eigenvalue weighted by molar-refractivity contribution is 0.0962. The van der Waals surface area contributed by atoms with E-state index in [1.807, 2.05) is 19.9 Å². The van der Waals surface area contributed by atoms with Crippen LogP contribution in [-0.2, 0) is 10.0 Å². The van der Waals surface area contributed by atoms with E-state index < -0.39 is 15.9 Å². The van der Waals surface area contributed by atoms with Gasteiger partial charge in [-0.2, -0.15) is 0 Å². The molecule has 0 radical (unpaired) electrons. The molecule has 3 rings (SSSR count). The molecule has 3 N–H and O–H groups in total. The van der Waals surface area contributed by atoms with Gasteiger partial charge in [-0.05, 0) is 56.3 Å². The number of carbonyl (C=O) groups is 1. The minimum Gasteiger partial charge on any atom is -0.280 e. The fourth-order valence-corrected chi connectivity index (χ4v) is 3.53. The maximum absolute atomic E-state index is 12.4. The van der Waals surface area contributed by atoms with Crippen LogP contribution in [0.1, 0.15) is 21.7 Å². The molecule has 1 amide bonds. The fourth-order valence-electron chi connectivity index (χ4n) is 2.47. The van der Waals surface area contributed by atoms with Crippen LogP contribution in [0.25, 0.3) is 0 Å². The van der Waals surface area contributed by atoms with Crippen LogP contribution in [-0.4, -0.2) is 24.3 Å². The third-order valence-electron chi connectivity index (χ3n) is 3.72. The zero-order chi connectivity index (χ0) is 20.1. The van der Waals surface area contributed by atoms with Crippen LogP contribution in [0, 0.1) is 13.8 Å². The van der Waals surface area contributed by atoms with E-state index in [0.717, 1.165) is 11.4 Å². The molecular formula is C19H19N5O3S. The molecule has 0 aliphatic heterocycles. The molecule has 0 saturated carbocycles. The largest absolute Gasteiger partial charge is 0.280 e. The summed E-state index contributed by atoms with van der Waals surface area (Å²) >= 11 is 0. The topological polar surface area (TPSA) is 113 Å². The highest BCUT2D eigenvalue weighted by molar-refractivity contribution is 7.92. The van der Waals surface area contributed by atoms with E-state index in [1.54, 1.807) is 30.3 Å². The Labute approximate surface area is 163 Å². The van der Waals surface area contributed by atoms with Crippen molar-refractivity contribution < 1.29 is 13.2 Å². The predicted molar refractivity (Wildman–Crippen MR) is 106 cm³/mol. The number of nitrogens with zero attached hydrogens (tertiary/aromatic N) is 2. The third kappa shape index (κ3) is 4.83. The van der Waals surface area contributed by atoms with E-state index in [1.165, 1.54) is 24.3 Å². The maximum Gasteiger partial charge on any atom is 0.269 e.